The van der Waals surface area contributed by atoms with E-state index in [9.17, 15) is 0 Å². The second-order valence-electron chi connectivity index (χ2n) is 5.78. The SMILES string of the molecule is CC(NCC1(C)CCC1)c1ccc(OCC#N)cc1. The van der Waals surface area contributed by atoms with Crippen molar-refractivity contribution in [2.75, 3.05) is 13.2 Å². The quantitative estimate of drug-likeness (QED) is 0.850. The molecule has 1 saturated carbocycles. The fourth-order valence-corrected chi connectivity index (χ4v) is 2.44. The summed E-state index contributed by atoms with van der Waals surface area (Å²) >= 11 is 0. The molecule has 3 heteroatoms. The minimum absolute atomic E-state index is 0.103. The highest BCUT2D eigenvalue weighted by Crippen LogP contribution is 2.39. The average Bonchev–Trinajstić information content (AvgIpc) is 2.41. The molecular formula is C16H22N2O. The number of nitrogens with zero attached hydrogens (tertiary/aromatic N) is 1. The molecule has 1 fully saturated rings. The van der Waals surface area contributed by atoms with Gasteiger partial charge in [-0.25, -0.2) is 0 Å². The Morgan fingerprint density at radius 1 is 1.37 bits per heavy atom. The lowest BCUT2D eigenvalue weighted by Gasteiger charge is -2.39. The largest absolute Gasteiger partial charge is 0.479 e. The highest BCUT2D eigenvalue weighted by molar-refractivity contribution is 5.29. The molecule has 0 heterocycles. The van der Waals surface area contributed by atoms with Gasteiger partial charge in [0.25, 0.3) is 0 Å². The first-order chi connectivity index (χ1) is 9.13. The van der Waals surface area contributed by atoms with Crippen molar-refractivity contribution >= 4 is 0 Å². The number of hydrogen-bond acceptors (Lipinski definition) is 3. The molecule has 2 rings (SSSR count). The molecule has 1 aromatic carbocycles. The molecule has 1 atom stereocenters. The smallest absolute Gasteiger partial charge is 0.174 e. The summed E-state index contributed by atoms with van der Waals surface area (Å²) in [7, 11) is 0. The molecule has 1 aromatic rings. The van der Waals surface area contributed by atoms with Gasteiger partial charge in [0.1, 0.15) is 11.8 Å². The maximum atomic E-state index is 8.46. The standard InChI is InChI=1S/C16H22N2O/c1-13(18-12-16(2)8-3-9-16)14-4-6-15(7-5-14)19-11-10-17/h4-7,13,18H,3,8-9,11-12H2,1-2H3. The van der Waals surface area contributed by atoms with Gasteiger partial charge >= 0.3 is 0 Å². The van der Waals surface area contributed by atoms with Crippen LogP contribution in [0.3, 0.4) is 0 Å². The first kappa shape index (κ1) is 13.9. The summed E-state index contributed by atoms with van der Waals surface area (Å²) in [6.45, 7) is 5.73. The average molecular weight is 258 g/mol. The van der Waals surface area contributed by atoms with Crippen LogP contribution >= 0.6 is 0 Å². The van der Waals surface area contributed by atoms with E-state index in [2.05, 4.69) is 31.3 Å². The molecule has 0 amide bonds. The van der Waals surface area contributed by atoms with Gasteiger partial charge in [0.05, 0.1) is 0 Å². The van der Waals surface area contributed by atoms with Crippen LogP contribution in [-0.4, -0.2) is 13.2 Å². The summed E-state index contributed by atoms with van der Waals surface area (Å²) in [5.74, 6) is 0.753. The molecule has 1 aliphatic rings. The summed E-state index contributed by atoms with van der Waals surface area (Å²) in [5.41, 5.74) is 1.76. The molecule has 1 aliphatic carbocycles. The molecule has 0 spiro atoms. The third kappa shape index (κ3) is 3.71. The molecular weight excluding hydrogens is 236 g/mol. The first-order valence-corrected chi connectivity index (χ1v) is 6.96. The Kier molecular flexibility index (Phi) is 4.44. The monoisotopic (exact) mass is 258 g/mol. The van der Waals surface area contributed by atoms with Gasteiger partial charge in [-0.2, -0.15) is 5.26 Å². The van der Waals surface area contributed by atoms with Gasteiger partial charge in [-0.3, -0.25) is 0 Å². The molecule has 0 saturated heterocycles. The van der Waals surface area contributed by atoms with Crippen LogP contribution in [0.5, 0.6) is 5.75 Å². The zero-order valence-electron chi connectivity index (χ0n) is 11.8. The number of hydrogen-bond donors (Lipinski definition) is 1. The van der Waals surface area contributed by atoms with Gasteiger partial charge < -0.3 is 10.1 Å². The van der Waals surface area contributed by atoms with Crippen molar-refractivity contribution in [2.45, 2.75) is 39.2 Å². The van der Waals surface area contributed by atoms with Gasteiger partial charge in [-0.1, -0.05) is 25.5 Å². The molecule has 3 nitrogen and oxygen atoms in total. The Morgan fingerprint density at radius 3 is 2.58 bits per heavy atom. The predicted octanol–water partition coefficient (Wildman–Crippen LogP) is 3.43. The lowest BCUT2D eigenvalue weighted by molar-refractivity contribution is 0.152. The van der Waals surface area contributed by atoms with E-state index in [-0.39, 0.29) is 6.61 Å². The van der Waals surface area contributed by atoms with Crippen LogP contribution in [0.25, 0.3) is 0 Å². The zero-order valence-corrected chi connectivity index (χ0v) is 11.8. The van der Waals surface area contributed by atoms with Crippen LogP contribution in [-0.2, 0) is 0 Å². The van der Waals surface area contributed by atoms with E-state index in [1.54, 1.807) is 0 Å². The Bertz CT molecular complexity index is 443. The molecule has 0 bridgehead atoms. The second-order valence-corrected chi connectivity index (χ2v) is 5.78. The highest BCUT2D eigenvalue weighted by Gasteiger charge is 2.31. The predicted molar refractivity (Wildman–Crippen MR) is 75.9 cm³/mol. The van der Waals surface area contributed by atoms with Crippen LogP contribution in [0.15, 0.2) is 24.3 Å². The van der Waals surface area contributed by atoms with E-state index < -0.39 is 0 Å². The van der Waals surface area contributed by atoms with Crippen LogP contribution in [0, 0.1) is 16.7 Å². The van der Waals surface area contributed by atoms with Crippen molar-refractivity contribution in [2.24, 2.45) is 5.41 Å². The summed E-state index contributed by atoms with van der Waals surface area (Å²) in [6, 6.07) is 10.3. The highest BCUT2D eigenvalue weighted by atomic mass is 16.5. The van der Waals surface area contributed by atoms with Gasteiger partial charge in [0.15, 0.2) is 6.61 Å². The van der Waals surface area contributed by atoms with E-state index in [0.717, 1.165) is 12.3 Å². The molecule has 102 valence electrons. The van der Waals surface area contributed by atoms with Crippen molar-refractivity contribution < 1.29 is 4.74 Å². The summed E-state index contributed by atoms with van der Waals surface area (Å²) in [5, 5.41) is 12.1. The number of nitrogens with one attached hydrogen (secondary N) is 1. The maximum Gasteiger partial charge on any atom is 0.174 e. The molecule has 1 unspecified atom stereocenters. The molecule has 0 aliphatic heterocycles. The lowest BCUT2D eigenvalue weighted by atomic mass is 9.70. The van der Waals surface area contributed by atoms with E-state index in [1.807, 2.05) is 18.2 Å². The third-order valence-electron chi connectivity index (χ3n) is 4.08. The van der Waals surface area contributed by atoms with Crippen molar-refractivity contribution in [3.63, 3.8) is 0 Å². The van der Waals surface area contributed by atoms with Crippen LogP contribution < -0.4 is 10.1 Å². The number of rotatable bonds is 6. The first-order valence-electron chi connectivity index (χ1n) is 6.96. The summed E-state index contributed by atoms with van der Waals surface area (Å²) in [4.78, 5) is 0. The second kappa shape index (κ2) is 6.08. The minimum Gasteiger partial charge on any atom is -0.479 e. The van der Waals surface area contributed by atoms with Gasteiger partial charge in [0, 0.05) is 12.6 Å². The Balaban J connectivity index is 1.85. The van der Waals surface area contributed by atoms with Crippen molar-refractivity contribution in [1.29, 1.82) is 5.26 Å². The van der Waals surface area contributed by atoms with Gasteiger partial charge in [-0.05, 0) is 42.9 Å². The number of benzene rings is 1. The van der Waals surface area contributed by atoms with Crippen LogP contribution in [0.1, 0.15) is 44.7 Å². The van der Waals surface area contributed by atoms with Gasteiger partial charge in [0.2, 0.25) is 0 Å². The molecule has 0 radical (unpaired) electrons. The molecule has 0 aromatic heterocycles. The minimum atomic E-state index is 0.103. The zero-order chi connectivity index (χ0) is 13.7. The lowest BCUT2D eigenvalue weighted by Crippen LogP contribution is -2.38. The summed E-state index contributed by atoms with van der Waals surface area (Å²) in [6.07, 6.45) is 4.05. The van der Waals surface area contributed by atoms with Crippen molar-refractivity contribution in [1.82, 2.24) is 5.32 Å². The van der Waals surface area contributed by atoms with Crippen LogP contribution in [0.4, 0.5) is 0 Å². The fraction of sp³-hybridized carbons (Fsp3) is 0.562. The Labute approximate surface area is 115 Å². The fourth-order valence-electron chi connectivity index (χ4n) is 2.44. The normalized spacial score (nSPS) is 18.2. The van der Waals surface area contributed by atoms with Crippen LogP contribution in [0.2, 0.25) is 0 Å². The van der Waals surface area contributed by atoms with E-state index in [1.165, 1.54) is 24.8 Å². The maximum absolute atomic E-state index is 8.46. The topological polar surface area (TPSA) is 45.0 Å². The van der Waals surface area contributed by atoms with E-state index in [4.69, 9.17) is 10.00 Å². The Morgan fingerprint density at radius 2 is 2.05 bits per heavy atom. The van der Waals surface area contributed by atoms with E-state index >= 15 is 0 Å². The summed E-state index contributed by atoms with van der Waals surface area (Å²) < 4.78 is 5.25. The number of nitriles is 1. The van der Waals surface area contributed by atoms with Crippen molar-refractivity contribution in [3.05, 3.63) is 29.8 Å². The van der Waals surface area contributed by atoms with Crippen molar-refractivity contribution in [3.8, 4) is 11.8 Å². The van der Waals surface area contributed by atoms with E-state index in [0.29, 0.717) is 11.5 Å². The number of ether oxygens (including phenoxy) is 1. The molecule has 1 N–H and O–H groups in total. The Hall–Kier alpha value is -1.53. The van der Waals surface area contributed by atoms with Gasteiger partial charge in [-0.15, -0.1) is 0 Å². The third-order valence-corrected chi connectivity index (χ3v) is 4.08. The molecule has 19 heavy (non-hydrogen) atoms.